The Morgan fingerprint density at radius 3 is 2.57 bits per heavy atom. The number of aliphatic hydroxyl groups excluding tert-OH is 2. The lowest BCUT2D eigenvalue weighted by Gasteiger charge is -2.50. The van der Waals surface area contributed by atoms with Crippen LogP contribution in [-0.2, 0) is 19.0 Å². The van der Waals surface area contributed by atoms with Crippen LogP contribution in [0, 0.1) is 11.3 Å². The van der Waals surface area contributed by atoms with E-state index in [1.165, 1.54) is 0 Å². The number of β-amino-alcohol motifs (C(OH)–C–C–N with tert-alkyl or cyclic N) is 1. The zero-order chi connectivity index (χ0) is 31.9. The molecule has 14 N–H and O–H groups in total. The quantitative estimate of drug-likeness (QED) is 0.104. The SMILES string of the molecule is CN[C@@H]1[C@@H](O)[C@@H](O[C@H]2[C@H](NC(=O)C3(O)CCNC3)C[C@H](N)C([C@H]3OC(CNCC4(CN)CC4)=CC[C@H]3N)[C@@H]2O)OC[C@]1(C)O. The number of likely N-dealkylation sites (N-methyl/N-ethyl adjacent to an activating group) is 1. The molecule has 0 radical (unpaired) electrons. The van der Waals surface area contributed by atoms with E-state index in [0.29, 0.717) is 31.8 Å². The van der Waals surface area contributed by atoms with Crippen LogP contribution in [0.5, 0.6) is 0 Å². The van der Waals surface area contributed by atoms with Crippen molar-refractivity contribution in [1.29, 1.82) is 0 Å². The second-order valence-corrected chi connectivity index (χ2v) is 13.9. The van der Waals surface area contributed by atoms with Crippen molar-refractivity contribution in [1.82, 2.24) is 21.3 Å². The average molecular weight is 628 g/mol. The Hall–Kier alpha value is -1.47. The van der Waals surface area contributed by atoms with E-state index in [1.807, 2.05) is 6.08 Å². The Morgan fingerprint density at radius 2 is 1.93 bits per heavy atom. The number of carbonyl (C=O) groups excluding carboxylic acids is 1. The first-order chi connectivity index (χ1) is 20.8. The molecule has 15 heteroatoms. The molecule has 15 nitrogen and oxygen atoms in total. The monoisotopic (exact) mass is 627 g/mol. The fourth-order valence-electron chi connectivity index (χ4n) is 7.22. The molecule has 0 aromatic heterocycles. The summed E-state index contributed by atoms with van der Waals surface area (Å²) in [6.07, 6.45) is -0.504. The van der Waals surface area contributed by atoms with Crippen molar-refractivity contribution in [2.75, 3.05) is 46.4 Å². The maximum absolute atomic E-state index is 13.2. The Labute approximate surface area is 258 Å². The molecule has 12 atom stereocenters. The number of nitrogens with one attached hydrogen (secondary N) is 4. The first-order valence-electron chi connectivity index (χ1n) is 15.9. The number of carbonyl (C=O) groups is 1. The van der Waals surface area contributed by atoms with Crippen molar-refractivity contribution < 1.29 is 39.4 Å². The van der Waals surface area contributed by atoms with Gasteiger partial charge in [-0.3, -0.25) is 4.79 Å². The van der Waals surface area contributed by atoms with Gasteiger partial charge in [0, 0.05) is 31.1 Å². The van der Waals surface area contributed by atoms with E-state index in [1.54, 1.807) is 14.0 Å². The molecular weight excluding hydrogens is 574 g/mol. The van der Waals surface area contributed by atoms with E-state index in [9.17, 15) is 25.2 Å². The fraction of sp³-hybridized carbons (Fsp3) is 0.897. The molecule has 0 spiro atoms. The first-order valence-corrected chi connectivity index (χ1v) is 15.9. The molecule has 44 heavy (non-hydrogen) atoms. The van der Waals surface area contributed by atoms with Crippen molar-refractivity contribution in [3.8, 4) is 0 Å². The van der Waals surface area contributed by atoms with Crippen LogP contribution in [0.2, 0.25) is 0 Å². The summed E-state index contributed by atoms with van der Waals surface area (Å²) >= 11 is 0. The number of hydrogen-bond donors (Lipinski definition) is 11. The molecule has 252 valence electrons. The van der Waals surface area contributed by atoms with Crippen molar-refractivity contribution in [2.45, 2.75) is 105 Å². The average Bonchev–Trinajstić information content (AvgIpc) is 3.62. The summed E-state index contributed by atoms with van der Waals surface area (Å²) in [5.41, 5.74) is 16.3. The molecule has 0 aromatic carbocycles. The third kappa shape index (κ3) is 6.94. The van der Waals surface area contributed by atoms with Crippen molar-refractivity contribution >= 4 is 5.91 Å². The number of rotatable bonds is 11. The maximum atomic E-state index is 13.2. The summed E-state index contributed by atoms with van der Waals surface area (Å²) in [5.74, 6) is -0.586. The normalized spacial score (nSPS) is 45.3. The second-order valence-electron chi connectivity index (χ2n) is 13.9. The highest BCUT2D eigenvalue weighted by Crippen LogP contribution is 2.43. The Morgan fingerprint density at radius 1 is 1.18 bits per heavy atom. The molecule has 0 bridgehead atoms. The fourth-order valence-corrected chi connectivity index (χ4v) is 7.22. The van der Waals surface area contributed by atoms with Crippen LogP contribution >= 0.6 is 0 Å². The molecule has 2 saturated heterocycles. The highest BCUT2D eigenvalue weighted by atomic mass is 16.7. The van der Waals surface area contributed by atoms with Gasteiger partial charge in [-0.2, -0.15) is 0 Å². The minimum Gasteiger partial charge on any atom is -0.492 e. The van der Waals surface area contributed by atoms with E-state index in [-0.39, 0.29) is 31.4 Å². The molecule has 1 amide bonds. The number of amides is 1. The Kier molecular flexibility index (Phi) is 10.3. The van der Waals surface area contributed by atoms with Crippen LogP contribution < -0.4 is 38.5 Å². The highest BCUT2D eigenvalue weighted by molar-refractivity contribution is 5.86. The van der Waals surface area contributed by atoms with Crippen molar-refractivity contribution in [3.05, 3.63) is 11.8 Å². The summed E-state index contributed by atoms with van der Waals surface area (Å²) < 4.78 is 18.4. The Balaban J connectivity index is 1.33. The first kappa shape index (κ1) is 33.9. The Bertz CT molecular complexity index is 1040. The van der Waals surface area contributed by atoms with Crippen LogP contribution in [0.25, 0.3) is 0 Å². The van der Waals surface area contributed by atoms with Gasteiger partial charge in [-0.1, -0.05) is 0 Å². The summed E-state index contributed by atoms with van der Waals surface area (Å²) in [4.78, 5) is 13.2. The van der Waals surface area contributed by atoms with Gasteiger partial charge in [0.2, 0.25) is 0 Å². The van der Waals surface area contributed by atoms with Gasteiger partial charge >= 0.3 is 0 Å². The number of aliphatic hydroxyl groups is 4. The summed E-state index contributed by atoms with van der Waals surface area (Å²) in [6, 6.07) is -2.73. The number of ether oxygens (including phenoxy) is 3. The zero-order valence-electron chi connectivity index (χ0n) is 25.8. The van der Waals surface area contributed by atoms with E-state index in [2.05, 4.69) is 21.3 Å². The molecule has 3 heterocycles. The van der Waals surface area contributed by atoms with E-state index in [4.69, 9.17) is 31.4 Å². The van der Waals surface area contributed by atoms with Gasteiger partial charge in [-0.15, -0.1) is 0 Å². The lowest BCUT2D eigenvalue weighted by atomic mass is 9.72. The molecule has 5 rings (SSSR count). The van der Waals surface area contributed by atoms with E-state index in [0.717, 1.165) is 19.4 Å². The second kappa shape index (κ2) is 13.3. The van der Waals surface area contributed by atoms with Gasteiger partial charge in [0.1, 0.15) is 29.7 Å². The van der Waals surface area contributed by atoms with Crippen LogP contribution in [0.4, 0.5) is 0 Å². The van der Waals surface area contributed by atoms with Crippen LogP contribution in [0.15, 0.2) is 11.8 Å². The van der Waals surface area contributed by atoms with Gasteiger partial charge in [0.05, 0.1) is 31.3 Å². The molecular formula is C29H53N7O8. The highest BCUT2D eigenvalue weighted by Gasteiger charge is 2.54. The van der Waals surface area contributed by atoms with Gasteiger partial charge in [-0.25, -0.2) is 0 Å². The topological polar surface area (TPSA) is 252 Å². The van der Waals surface area contributed by atoms with Crippen molar-refractivity contribution in [3.63, 3.8) is 0 Å². The minimum atomic E-state index is -1.61. The standard InChI is InChI=1S/C29H53N7O8/c1-27(40)14-42-25(21(38)24(27)33-2)44-23-18(36-26(39)29(41)7-8-34-13-29)9-17(32)19(20(23)37)22-16(31)4-3-15(43-22)10-35-12-28(11-30)5-6-28/h3,16-25,33-35,37-38,40-41H,4-14,30-32H2,1-2H3,(H,36,39)/t16-,17+,18-,19?,20+,21-,22+,23+,24-,25-,27+,29?/m1/s1. The van der Waals surface area contributed by atoms with Crippen LogP contribution in [0.1, 0.15) is 39.0 Å². The smallest absolute Gasteiger partial charge is 0.253 e. The van der Waals surface area contributed by atoms with Crippen LogP contribution in [-0.4, -0.2) is 139 Å². The minimum absolute atomic E-state index is 0.0952. The largest absolute Gasteiger partial charge is 0.492 e. The third-order valence-electron chi connectivity index (χ3n) is 10.3. The molecule has 2 saturated carbocycles. The van der Waals surface area contributed by atoms with Gasteiger partial charge in [0.15, 0.2) is 11.9 Å². The van der Waals surface area contributed by atoms with Gasteiger partial charge in [-0.05, 0) is 70.7 Å². The van der Waals surface area contributed by atoms with Gasteiger partial charge < -0.3 is 73.1 Å². The predicted molar refractivity (Wildman–Crippen MR) is 160 cm³/mol. The van der Waals surface area contributed by atoms with Crippen molar-refractivity contribution in [2.24, 2.45) is 28.5 Å². The maximum Gasteiger partial charge on any atom is 0.253 e. The number of hydrogen-bond acceptors (Lipinski definition) is 14. The van der Waals surface area contributed by atoms with Gasteiger partial charge in [0.25, 0.3) is 5.91 Å². The summed E-state index contributed by atoms with van der Waals surface area (Å²) in [6.45, 7) is 3.89. The summed E-state index contributed by atoms with van der Waals surface area (Å²) in [7, 11) is 1.61. The molecule has 2 unspecified atom stereocenters. The van der Waals surface area contributed by atoms with E-state index < -0.39 is 77.9 Å². The lowest BCUT2D eigenvalue weighted by Crippen LogP contribution is -2.70. The molecule has 0 aromatic rings. The summed E-state index contributed by atoms with van der Waals surface area (Å²) in [5, 5.41) is 56.8. The molecule has 4 fully saturated rings. The predicted octanol–water partition coefficient (Wildman–Crippen LogP) is -4.33. The molecule has 2 aliphatic carbocycles. The zero-order valence-corrected chi connectivity index (χ0v) is 25.8. The molecule has 3 aliphatic heterocycles. The van der Waals surface area contributed by atoms with E-state index >= 15 is 0 Å². The lowest BCUT2D eigenvalue weighted by molar-refractivity contribution is -0.297. The number of nitrogens with two attached hydrogens (primary N) is 3. The molecule has 5 aliphatic rings. The third-order valence-corrected chi connectivity index (χ3v) is 10.3. The van der Waals surface area contributed by atoms with Crippen LogP contribution in [0.3, 0.4) is 0 Å².